The second kappa shape index (κ2) is 7.52. The van der Waals surface area contributed by atoms with Gasteiger partial charge < -0.3 is 14.6 Å². The van der Waals surface area contributed by atoms with Gasteiger partial charge in [-0.3, -0.25) is 0 Å². The molecule has 0 unspecified atom stereocenters. The third-order valence-electron chi connectivity index (χ3n) is 5.00. The maximum atomic E-state index is 5.66. The molecule has 1 N–H and O–H groups in total. The van der Waals surface area contributed by atoms with E-state index in [1.165, 1.54) is 5.56 Å². The summed E-state index contributed by atoms with van der Waals surface area (Å²) in [6.45, 7) is 9.66. The van der Waals surface area contributed by atoms with Crippen LogP contribution in [0.1, 0.15) is 61.8 Å². The van der Waals surface area contributed by atoms with Crippen LogP contribution in [-0.4, -0.2) is 33.3 Å². The molecule has 4 rings (SSSR count). The van der Waals surface area contributed by atoms with Crippen molar-refractivity contribution in [1.82, 2.24) is 20.1 Å². The quantitative estimate of drug-likeness (QED) is 0.694. The summed E-state index contributed by atoms with van der Waals surface area (Å²) in [4.78, 5) is 14.9. The third kappa shape index (κ3) is 3.68. The highest BCUT2D eigenvalue weighted by molar-refractivity contribution is 7.17. The van der Waals surface area contributed by atoms with Crippen molar-refractivity contribution in [3.05, 3.63) is 28.5 Å². The number of nitrogens with zero attached hydrogens (tertiary/aromatic N) is 4. The summed E-state index contributed by atoms with van der Waals surface area (Å²) >= 11 is 1.65. The van der Waals surface area contributed by atoms with Crippen molar-refractivity contribution in [3.63, 3.8) is 0 Å². The normalized spacial score (nSPS) is 16.9. The lowest BCUT2D eigenvalue weighted by Gasteiger charge is -2.29. The number of nitrogens with one attached hydrogen (secondary N) is 1. The molecule has 144 valence electrons. The molecule has 0 bridgehead atoms. The Morgan fingerprint density at radius 3 is 2.63 bits per heavy atom. The Bertz CT molecular complexity index is 929. The molecule has 0 saturated carbocycles. The first kappa shape index (κ1) is 18.3. The van der Waals surface area contributed by atoms with Crippen LogP contribution >= 0.6 is 11.3 Å². The molecule has 3 aromatic rings. The number of hydrogen-bond donors (Lipinski definition) is 1. The minimum atomic E-state index is -0.0919. The van der Waals surface area contributed by atoms with Crippen LogP contribution in [0.2, 0.25) is 0 Å². The van der Waals surface area contributed by atoms with E-state index in [0.29, 0.717) is 11.8 Å². The van der Waals surface area contributed by atoms with Crippen molar-refractivity contribution in [3.8, 4) is 0 Å². The van der Waals surface area contributed by atoms with E-state index in [0.717, 1.165) is 53.7 Å². The molecule has 0 spiro atoms. The Balaban J connectivity index is 1.73. The smallest absolute Gasteiger partial charge is 0.249 e. The number of anilines is 1. The molecule has 1 fully saturated rings. The Labute approximate surface area is 162 Å². The van der Waals surface area contributed by atoms with Gasteiger partial charge in [0.05, 0.1) is 5.39 Å². The summed E-state index contributed by atoms with van der Waals surface area (Å²) in [6.07, 6.45) is 1.90. The predicted octanol–water partition coefficient (Wildman–Crippen LogP) is 4.39. The van der Waals surface area contributed by atoms with Gasteiger partial charge in [-0.25, -0.2) is 9.97 Å². The Morgan fingerprint density at radius 1 is 1.15 bits per heavy atom. The second-order valence-corrected chi connectivity index (χ2v) is 8.29. The van der Waals surface area contributed by atoms with Crippen LogP contribution in [0.5, 0.6) is 0 Å². The molecule has 0 amide bonds. The van der Waals surface area contributed by atoms with Gasteiger partial charge in [0.25, 0.3) is 0 Å². The summed E-state index contributed by atoms with van der Waals surface area (Å²) in [7, 11) is 0. The third-order valence-corrected chi connectivity index (χ3v) is 5.99. The molecule has 3 aromatic heterocycles. The first-order valence-corrected chi connectivity index (χ1v) is 10.3. The standard InChI is InChI=1S/C19H25N5O2S/c1-10(2)16-23-18(26-24-16)15(13-5-7-25-8-6-13)22-17-14-11(3)9-27-19(14)21-12(4)20-17/h9-10,13,15H,5-8H2,1-4H3,(H,20,21,22)/t15-/m0/s1. The average Bonchev–Trinajstić information content (AvgIpc) is 3.28. The fourth-order valence-electron chi connectivity index (χ4n) is 3.48. The van der Waals surface area contributed by atoms with Gasteiger partial charge in [-0.15, -0.1) is 11.3 Å². The Morgan fingerprint density at radius 2 is 1.93 bits per heavy atom. The molecule has 4 heterocycles. The number of aryl methyl sites for hydroxylation is 2. The van der Waals surface area contributed by atoms with E-state index in [4.69, 9.17) is 14.2 Å². The summed E-state index contributed by atoms with van der Waals surface area (Å²) < 4.78 is 11.2. The topological polar surface area (TPSA) is 86.0 Å². The summed E-state index contributed by atoms with van der Waals surface area (Å²) in [5.74, 6) is 3.54. The van der Waals surface area contributed by atoms with E-state index in [1.54, 1.807) is 11.3 Å². The largest absolute Gasteiger partial charge is 0.381 e. The van der Waals surface area contributed by atoms with Crippen molar-refractivity contribution in [2.75, 3.05) is 18.5 Å². The van der Waals surface area contributed by atoms with Gasteiger partial charge in [-0.2, -0.15) is 4.98 Å². The monoisotopic (exact) mass is 387 g/mol. The maximum Gasteiger partial charge on any atom is 0.249 e. The predicted molar refractivity (Wildman–Crippen MR) is 105 cm³/mol. The van der Waals surface area contributed by atoms with E-state index >= 15 is 0 Å². The van der Waals surface area contributed by atoms with Gasteiger partial charge in [-0.1, -0.05) is 19.0 Å². The first-order valence-electron chi connectivity index (χ1n) is 9.43. The number of aromatic nitrogens is 4. The Hall–Kier alpha value is -2.06. The molecular formula is C19H25N5O2S. The fraction of sp³-hybridized carbons (Fsp3) is 0.579. The molecular weight excluding hydrogens is 362 g/mol. The zero-order chi connectivity index (χ0) is 19.0. The summed E-state index contributed by atoms with van der Waals surface area (Å²) in [5.41, 5.74) is 1.18. The number of thiophene rings is 1. The van der Waals surface area contributed by atoms with Crippen molar-refractivity contribution in [2.45, 2.75) is 52.5 Å². The zero-order valence-corrected chi connectivity index (χ0v) is 17.0. The van der Waals surface area contributed by atoms with Gasteiger partial charge in [0, 0.05) is 19.1 Å². The number of rotatable bonds is 5. The van der Waals surface area contributed by atoms with E-state index in [2.05, 4.69) is 46.6 Å². The molecule has 1 aliphatic rings. The first-order chi connectivity index (χ1) is 13.0. The molecule has 1 atom stereocenters. The lowest BCUT2D eigenvalue weighted by Crippen LogP contribution is -2.28. The SMILES string of the molecule is Cc1nc(N[C@H](c2nc(C(C)C)no2)C2CCOCC2)c2c(C)csc2n1. The van der Waals surface area contributed by atoms with Gasteiger partial charge in [0.2, 0.25) is 5.89 Å². The highest BCUT2D eigenvalue weighted by atomic mass is 32.1. The number of hydrogen-bond acceptors (Lipinski definition) is 8. The molecule has 27 heavy (non-hydrogen) atoms. The van der Waals surface area contributed by atoms with Crippen molar-refractivity contribution in [1.29, 1.82) is 0 Å². The van der Waals surface area contributed by atoms with Gasteiger partial charge >= 0.3 is 0 Å². The van der Waals surface area contributed by atoms with E-state index in [-0.39, 0.29) is 12.0 Å². The second-order valence-electron chi connectivity index (χ2n) is 7.44. The lowest BCUT2D eigenvalue weighted by atomic mass is 9.91. The molecule has 0 aromatic carbocycles. The van der Waals surface area contributed by atoms with Crippen LogP contribution in [0.15, 0.2) is 9.90 Å². The average molecular weight is 388 g/mol. The minimum absolute atomic E-state index is 0.0919. The van der Waals surface area contributed by atoms with Crippen LogP contribution in [0.3, 0.4) is 0 Å². The number of ether oxygens (including phenoxy) is 1. The van der Waals surface area contributed by atoms with Gasteiger partial charge in [0.15, 0.2) is 5.82 Å². The summed E-state index contributed by atoms with van der Waals surface area (Å²) in [6, 6.07) is -0.0919. The van der Waals surface area contributed by atoms with E-state index in [1.807, 2.05) is 6.92 Å². The fourth-order valence-corrected chi connectivity index (χ4v) is 4.45. The molecule has 7 nitrogen and oxygen atoms in total. The highest BCUT2D eigenvalue weighted by Crippen LogP contribution is 2.36. The van der Waals surface area contributed by atoms with Crippen LogP contribution in [0, 0.1) is 19.8 Å². The van der Waals surface area contributed by atoms with E-state index < -0.39 is 0 Å². The lowest BCUT2D eigenvalue weighted by molar-refractivity contribution is 0.0571. The Kier molecular flexibility index (Phi) is 5.10. The van der Waals surface area contributed by atoms with Crippen LogP contribution in [0.4, 0.5) is 5.82 Å². The zero-order valence-electron chi connectivity index (χ0n) is 16.2. The molecule has 1 aliphatic heterocycles. The van der Waals surface area contributed by atoms with Gasteiger partial charge in [0.1, 0.15) is 22.5 Å². The van der Waals surface area contributed by atoms with Crippen molar-refractivity contribution < 1.29 is 9.26 Å². The highest BCUT2D eigenvalue weighted by Gasteiger charge is 2.31. The molecule has 0 radical (unpaired) electrons. The number of fused-ring (bicyclic) bond motifs is 1. The van der Waals surface area contributed by atoms with Crippen LogP contribution < -0.4 is 5.32 Å². The van der Waals surface area contributed by atoms with Gasteiger partial charge in [-0.05, 0) is 43.6 Å². The van der Waals surface area contributed by atoms with Crippen LogP contribution in [-0.2, 0) is 4.74 Å². The van der Waals surface area contributed by atoms with E-state index in [9.17, 15) is 0 Å². The molecule has 1 saturated heterocycles. The summed E-state index contributed by atoms with van der Waals surface area (Å²) in [5, 5.41) is 11.0. The van der Waals surface area contributed by atoms with Crippen LogP contribution in [0.25, 0.3) is 10.2 Å². The minimum Gasteiger partial charge on any atom is -0.381 e. The van der Waals surface area contributed by atoms with Crippen molar-refractivity contribution >= 4 is 27.4 Å². The maximum absolute atomic E-state index is 5.66. The van der Waals surface area contributed by atoms with Crippen molar-refractivity contribution in [2.24, 2.45) is 5.92 Å². The molecule has 8 heteroatoms. The molecule has 0 aliphatic carbocycles.